The van der Waals surface area contributed by atoms with E-state index in [1.54, 1.807) is 13.2 Å². The molecule has 1 atom stereocenters. The number of methoxy groups -OCH3 is 2. The molecule has 0 saturated heterocycles. The van der Waals surface area contributed by atoms with E-state index >= 15 is 0 Å². The average Bonchev–Trinajstić information content (AvgIpc) is 3.42. The first-order valence-corrected chi connectivity index (χ1v) is 13.8. The largest absolute Gasteiger partial charge is 0.495 e. The van der Waals surface area contributed by atoms with Gasteiger partial charge in [0.1, 0.15) is 25.7 Å². The van der Waals surface area contributed by atoms with Gasteiger partial charge < -0.3 is 19.0 Å². The van der Waals surface area contributed by atoms with E-state index in [1.807, 2.05) is 47.0 Å². The summed E-state index contributed by atoms with van der Waals surface area (Å²) < 4.78 is 17.9. The zero-order chi connectivity index (χ0) is 23.0. The Hall–Kier alpha value is -3.36. The summed E-state index contributed by atoms with van der Waals surface area (Å²) in [5.74, 6) is 0.440. The van der Waals surface area contributed by atoms with Gasteiger partial charge in [-0.2, -0.15) is 5.10 Å². The highest BCUT2D eigenvalue weighted by molar-refractivity contribution is 6.88. The summed E-state index contributed by atoms with van der Waals surface area (Å²) in [6.07, 6.45) is -1.14. The Morgan fingerprint density at radius 2 is 1.78 bits per heavy atom. The molecule has 0 aliphatic heterocycles. The second-order valence-corrected chi connectivity index (χ2v) is 13.5. The van der Waals surface area contributed by atoms with Crippen molar-refractivity contribution in [1.82, 2.24) is 9.61 Å². The standard InChI is InChI=1S/C24H26N2O5Si/c1-29-18-12-11-16-20(22(27)17-13-14-19(31-17)24(28)30-2)21(15-9-7-6-8-10-15)25-26(16)23(18)32(3,4)5/h6-14,22,27H,1-5H3. The number of carbonyl (C=O) groups excluding carboxylic acids is 1. The number of hydrogen-bond donors (Lipinski definition) is 1. The lowest BCUT2D eigenvalue weighted by Crippen LogP contribution is -2.43. The van der Waals surface area contributed by atoms with Crippen LogP contribution in [0.5, 0.6) is 5.75 Å². The lowest BCUT2D eigenvalue weighted by atomic mass is 10.0. The first kappa shape index (κ1) is 21.9. The van der Waals surface area contributed by atoms with E-state index < -0.39 is 20.1 Å². The number of fused-ring (bicyclic) bond motifs is 1. The lowest BCUT2D eigenvalue weighted by Gasteiger charge is -2.21. The Morgan fingerprint density at radius 3 is 2.41 bits per heavy atom. The smallest absolute Gasteiger partial charge is 0.373 e. The van der Waals surface area contributed by atoms with Crippen LogP contribution in [0.25, 0.3) is 16.8 Å². The van der Waals surface area contributed by atoms with Gasteiger partial charge in [0, 0.05) is 11.1 Å². The highest BCUT2D eigenvalue weighted by atomic mass is 28.3. The van der Waals surface area contributed by atoms with Gasteiger partial charge in [-0.1, -0.05) is 50.0 Å². The number of furan rings is 1. The molecule has 1 aromatic carbocycles. The molecule has 0 aliphatic rings. The lowest BCUT2D eigenvalue weighted by molar-refractivity contribution is 0.0558. The summed E-state index contributed by atoms with van der Waals surface area (Å²) in [6, 6.07) is 16.6. The maximum absolute atomic E-state index is 11.8. The van der Waals surface area contributed by atoms with Crippen LogP contribution in [0.15, 0.2) is 59.0 Å². The molecule has 1 N–H and O–H groups in total. The molecule has 0 bridgehead atoms. The molecule has 3 heterocycles. The van der Waals surface area contributed by atoms with Gasteiger partial charge in [0.2, 0.25) is 5.76 Å². The minimum atomic E-state index is -1.89. The minimum Gasteiger partial charge on any atom is -0.495 e. The summed E-state index contributed by atoms with van der Waals surface area (Å²) in [6.45, 7) is 6.66. The first-order chi connectivity index (χ1) is 15.3. The molecular formula is C24H26N2O5Si. The highest BCUT2D eigenvalue weighted by Gasteiger charge is 2.31. The summed E-state index contributed by atoms with van der Waals surface area (Å²) in [4.78, 5) is 11.8. The van der Waals surface area contributed by atoms with E-state index in [-0.39, 0.29) is 11.5 Å². The van der Waals surface area contributed by atoms with Crippen molar-refractivity contribution in [3.05, 3.63) is 71.7 Å². The van der Waals surface area contributed by atoms with Crippen molar-refractivity contribution < 1.29 is 23.8 Å². The maximum atomic E-state index is 11.8. The number of ether oxygens (including phenoxy) is 2. The van der Waals surface area contributed by atoms with Crippen LogP contribution >= 0.6 is 0 Å². The molecule has 0 amide bonds. The van der Waals surface area contributed by atoms with Crippen LogP contribution in [0.1, 0.15) is 28.0 Å². The first-order valence-electron chi connectivity index (χ1n) is 10.3. The molecule has 4 rings (SSSR count). The number of rotatable bonds is 6. The van der Waals surface area contributed by atoms with Crippen LogP contribution < -0.4 is 10.1 Å². The number of esters is 1. The second kappa shape index (κ2) is 8.29. The predicted molar refractivity (Wildman–Crippen MR) is 124 cm³/mol. The molecule has 3 aromatic heterocycles. The third kappa shape index (κ3) is 3.72. The number of aromatic nitrogens is 2. The maximum Gasteiger partial charge on any atom is 0.373 e. The van der Waals surface area contributed by atoms with Crippen molar-refractivity contribution in [3.8, 4) is 17.0 Å². The number of carbonyl (C=O) groups is 1. The van der Waals surface area contributed by atoms with E-state index in [1.165, 1.54) is 13.2 Å². The minimum absolute atomic E-state index is 0.0312. The summed E-state index contributed by atoms with van der Waals surface area (Å²) >= 11 is 0. The zero-order valence-corrected chi connectivity index (χ0v) is 19.7. The highest BCUT2D eigenvalue weighted by Crippen LogP contribution is 2.36. The van der Waals surface area contributed by atoms with Crippen molar-refractivity contribution in [1.29, 1.82) is 0 Å². The molecule has 7 nitrogen and oxygen atoms in total. The molecule has 8 heteroatoms. The fraction of sp³-hybridized carbons (Fsp3) is 0.250. The molecule has 0 spiro atoms. The van der Waals surface area contributed by atoms with Crippen LogP contribution in [-0.4, -0.2) is 43.0 Å². The number of aliphatic hydroxyl groups excluding tert-OH is 1. The van der Waals surface area contributed by atoms with Crippen LogP contribution in [-0.2, 0) is 4.74 Å². The van der Waals surface area contributed by atoms with E-state index in [0.717, 1.165) is 22.1 Å². The Morgan fingerprint density at radius 1 is 1.06 bits per heavy atom. The van der Waals surface area contributed by atoms with Crippen molar-refractivity contribution in [2.24, 2.45) is 0 Å². The van der Waals surface area contributed by atoms with Crippen LogP contribution in [0.2, 0.25) is 19.6 Å². The van der Waals surface area contributed by atoms with Gasteiger partial charge in [-0.15, -0.1) is 0 Å². The van der Waals surface area contributed by atoms with Gasteiger partial charge in [0.15, 0.2) is 0 Å². The quantitative estimate of drug-likeness (QED) is 0.353. The van der Waals surface area contributed by atoms with Crippen molar-refractivity contribution in [2.75, 3.05) is 14.2 Å². The van der Waals surface area contributed by atoms with Gasteiger partial charge in [-0.3, -0.25) is 0 Å². The average molecular weight is 451 g/mol. The summed E-state index contributed by atoms with van der Waals surface area (Å²) in [7, 11) is 1.04. The number of pyridine rings is 1. The van der Waals surface area contributed by atoms with E-state index in [4.69, 9.17) is 19.0 Å². The molecule has 0 radical (unpaired) electrons. The van der Waals surface area contributed by atoms with Crippen LogP contribution in [0.4, 0.5) is 0 Å². The number of hydrogen-bond acceptors (Lipinski definition) is 6. The van der Waals surface area contributed by atoms with Crippen LogP contribution in [0.3, 0.4) is 0 Å². The van der Waals surface area contributed by atoms with Crippen molar-refractivity contribution in [3.63, 3.8) is 0 Å². The number of nitrogens with zero attached hydrogens (tertiary/aromatic N) is 2. The van der Waals surface area contributed by atoms with E-state index in [9.17, 15) is 9.90 Å². The van der Waals surface area contributed by atoms with Crippen molar-refractivity contribution >= 4 is 24.9 Å². The van der Waals surface area contributed by atoms with E-state index in [0.29, 0.717) is 11.3 Å². The Kier molecular flexibility index (Phi) is 5.66. The normalized spacial score (nSPS) is 12.7. The topological polar surface area (TPSA) is 86.2 Å². The monoisotopic (exact) mass is 450 g/mol. The Balaban J connectivity index is 2.00. The molecule has 166 valence electrons. The third-order valence-corrected chi connectivity index (χ3v) is 7.21. The van der Waals surface area contributed by atoms with Gasteiger partial charge in [0.25, 0.3) is 0 Å². The molecule has 0 saturated carbocycles. The SMILES string of the molecule is COC(=O)c1ccc(C(O)c2c(-c3ccccc3)nn3c([Si](C)(C)C)c(OC)ccc23)o1. The second-order valence-electron chi connectivity index (χ2n) is 8.52. The molecule has 1 unspecified atom stereocenters. The Labute approximate surface area is 187 Å². The predicted octanol–water partition coefficient (Wildman–Crippen LogP) is 4.02. The van der Waals surface area contributed by atoms with Gasteiger partial charge in [0.05, 0.1) is 30.7 Å². The number of benzene rings is 1. The molecule has 4 aromatic rings. The van der Waals surface area contributed by atoms with Gasteiger partial charge in [-0.05, 0) is 24.3 Å². The number of aliphatic hydroxyl groups is 1. The Bertz CT molecular complexity index is 1270. The fourth-order valence-corrected chi connectivity index (χ4v) is 5.63. The molecule has 0 fully saturated rings. The van der Waals surface area contributed by atoms with Gasteiger partial charge in [-0.25, -0.2) is 9.31 Å². The molecule has 0 aliphatic carbocycles. The zero-order valence-electron chi connectivity index (χ0n) is 18.7. The molecular weight excluding hydrogens is 424 g/mol. The third-order valence-electron chi connectivity index (χ3n) is 5.33. The van der Waals surface area contributed by atoms with Crippen LogP contribution in [0, 0.1) is 0 Å². The summed E-state index contributed by atoms with van der Waals surface area (Å²) in [5.41, 5.74) is 2.86. The van der Waals surface area contributed by atoms with Crippen molar-refractivity contribution in [2.45, 2.75) is 25.7 Å². The van der Waals surface area contributed by atoms with Gasteiger partial charge >= 0.3 is 5.97 Å². The fourth-order valence-electron chi connectivity index (χ4n) is 3.90. The summed E-state index contributed by atoms with van der Waals surface area (Å²) in [5, 5.41) is 17.3. The van der Waals surface area contributed by atoms with E-state index in [2.05, 4.69) is 19.6 Å². The molecule has 32 heavy (non-hydrogen) atoms.